The number of pyridine rings is 1. The third kappa shape index (κ3) is 3.91. The lowest BCUT2D eigenvalue weighted by Crippen LogP contribution is -2.42. The van der Waals surface area contributed by atoms with Gasteiger partial charge < -0.3 is 10.2 Å². The number of nitrogens with zero attached hydrogens (tertiary/aromatic N) is 2. The van der Waals surface area contributed by atoms with Crippen molar-refractivity contribution < 1.29 is 4.79 Å². The van der Waals surface area contributed by atoms with Crippen LogP contribution in [0, 0.1) is 5.92 Å². The standard InChI is InChI=1S/C14H21N3O.ClH/c1-11(12-5-8-15-9-6-12)17(2)14(18)13-4-3-7-16-10-13;/h5-6,8-9,11,13,16H,3-4,7,10H2,1-2H3;1H/t11?,13-;/m1./s1. The van der Waals surface area contributed by atoms with Crippen LogP contribution in [0.15, 0.2) is 24.5 Å². The molecule has 2 atom stereocenters. The van der Waals surface area contributed by atoms with Crippen LogP contribution in [0.4, 0.5) is 0 Å². The van der Waals surface area contributed by atoms with Gasteiger partial charge in [0, 0.05) is 26.0 Å². The van der Waals surface area contributed by atoms with E-state index in [4.69, 9.17) is 0 Å². The number of rotatable bonds is 3. The van der Waals surface area contributed by atoms with E-state index < -0.39 is 0 Å². The SMILES string of the molecule is CC(c1ccncc1)N(C)C(=O)[C@@H]1CCCNC1.Cl. The number of nitrogens with one attached hydrogen (secondary N) is 1. The van der Waals surface area contributed by atoms with Crippen LogP contribution in [0.5, 0.6) is 0 Å². The summed E-state index contributed by atoms with van der Waals surface area (Å²) >= 11 is 0. The molecule has 2 heterocycles. The summed E-state index contributed by atoms with van der Waals surface area (Å²) in [6, 6.07) is 4.03. The molecule has 2 rings (SSSR count). The molecule has 19 heavy (non-hydrogen) atoms. The van der Waals surface area contributed by atoms with Gasteiger partial charge in [-0.2, -0.15) is 0 Å². The fourth-order valence-corrected chi connectivity index (χ4v) is 2.41. The Morgan fingerprint density at radius 2 is 2.16 bits per heavy atom. The largest absolute Gasteiger partial charge is 0.339 e. The first-order valence-electron chi connectivity index (χ1n) is 6.57. The maximum atomic E-state index is 12.4. The molecule has 0 bridgehead atoms. The van der Waals surface area contributed by atoms with Crippen LogP contribution in [0.25, 0.3) is 0 Å². The lowest BCUT2D eigenvalue weighted by atomic mass is 9.97. The molecule has 1 amide bonds. The highest BCUT2D eigenvalue weighted by atomic mass is 35.5. The van der Waals surface area contributed by atoms with Crippen LogP contribution in [-0.2, 0) is 4.79 Å². The zero-order chi connectivity index (χ0) is 13.0. The Morgan fingerprint density at radius 3 is 2.74 bits per heavy atom. The van der Waals surface area contributed by atoms with E-state index >= 15 is 0 Å². The molecule has 1 aromatic heterocycles. The highest BCUT2D eigenvalue weighted by Crippen LogP contribution is 2.21. The van der Waals surface area contributed by atoms with E-state index in [1.54, 1.807) is 12.4 Å². The lowest BCUT2D eigenvalue weighted by Gasteiger charge is -2.31. The van der Waals surface area contributed by atoms with Crippen molar-refractivity contribution in [2.75, 3.05) is 20.1 Å². The van der Waals surface area contributed by atoms with E-state index in [1.807, 2.05) is 24.1 Å². The van der Waals surface area contributed by atoms with Crippen molar-refractivity contribution in [1.29, 1.82) is 0 Å². The van der Waals surface area contributed by atoms with Gasteiger partial charge in [-0.3, -0.25) is 9.78 Å². The summed E-state index contributed by atoms with van der Waals surface area (Å²) in [5, 5.41) is 3.29. The Hall–Kier alpha value is -1.13. The molecule has 0 aliphatic carbocycles. The molecule has 1 aliphatic rings. The molecule has 0 spiro atoms. The zero-order valence-electron chi connectivity index (χ0n) is 11.5. The van der Waals surface area contributed by atoms with Crippen molar-refractivity contribution in [2.45, 2.75) is 25.8 Å². The Bertz CT molecular complexity index is 393. The van der Waals surface area contributed by atoms with E-state index in [0.29, 0.717) is 0 Å². The molecule has 0 radical (unpaired) electrons. The van der Waals surface area contributed by atoms with Gasteiger partial charge in [-0.1, -0.05) is 0 Å². The van der Waals surface area contributed by atoms with Gasteiger partial charge in [-0.15, -0.1) is 12.4 Å². The summed E-state index contributed by atoms with van der Waals surface area (Å²) in [5.41, 5.74) is 1.13. The third-order valence-electron chi connectivity index (χ3n) is 3.76. The molecule has 0 aromatic carbocycles. The van der Waals surface area contributed by atoms with Crippen LogP contribution in [0.2, 0.25) is 0 Å². The Morgan fingerprint density at radius 1 is 1.47 bits per heavy atom. The molecule has 1 aromatic rings. The van der Waals surface area contributed by atoms with Gasteiger partial charge in [0.15, 0.2) is 0 Å². The van der Waals surface area contributed by atoms with Gasteiger partial charge >= 0.3 is 0 Å². The van der Waals surface area contributed by atoms with E-state index in [2.05, 4.69) is 17.2 Å². The highest BCUT2D eigenvalue weighted by Gasteiger charge is 2.26. The second-order valence-electron chi connectivity index (χ2n) is 4.95. The van der Waals surface area contributed by atoms with Gasteiger partial charge in [0.2, 0.25) is 5.91 Å². The van der Waals surface area contributed by atoms with Gasteiger partial charge in [-0.25, -0.2) is 0 Å². The van der Waals surface area contributed by atoms with Crippen LogP contribution >= 0.6 is 12.4 Å². The van der Waals surface area contributed by atoms with Gasteiger partial charge in [0.1, 0.15) is 0 Å². The number of carbonyl (C=O) groups is 1. The normalized spacial score (nSPS) is 20.2. The molecule has 0 saturated carbocycles. The molecule has 1 saturated heterocycles. The predicted molar refractivity (Wildman–Crippen MR) is 78.3 cm³/mol. The second-order valence-corrected chi connectivity index (χ2v) is 4.95. The second kappa shape index (κ2) is 7.46. The highest BCUT2D eigenvalue weighted by molar-refractivity contribution is 5.85. The van der Waals surface area contributed by atoms with Gasteiger partial charge in [0.05, 0.1) is 12.0 Å². The molecule has 5 heteroatoms. The van der Waals surface area contributed by atoms with Crippen molar-refractivity contribution in [3.8, 4) is 0 Å². The number of hydrogen-bond acceptors (Lipinski definition) is 3. The van der Waals surface area contributed by atoms with E-state index in [9.17, 15) is 4.79 Å². The minimum atomic E-state index is 0. The number of piperidine rings is 1. The summed E-state index contributed by atoms with van der Waals surface area (Å²) in [6.45, 7) is 3.91. The summed E-state index contributed by atoms with van der Waals surface area (Å²) in [5.74, 6) is 0.375. The number of amides is 1. The van der Waals surface area contributed by atoms with E-state index in [0.717, 1.165) is 31.5 Å². The van der Waals surface area contributed by atoms with Crippen molar-refractivity contribution in [2.24, 2.45) is 5.92 Å². The minimum Gasteiger partial charge on any atom is -0.339 e. The minimum absolute atomic E-state index is 0. The Kier molecular flexibility index (Phi) is 6.25. The number of aromatic nitrogens is 1. The van der Waals surface area contributed by atoms with Crippen LogP contribution in [-0.4, -0.2) is 35.9 Å². The summed E-state index contributed by atoms with van der Waals surface area (Å²) in [4.78, 5) is 18.2. The zero-order valence-corrected chi connectivity index (χ0v) is 12.3. The first-order valence-corrected chi connectivity index (χ1v) is 6.57. The number of hydrogen-bond donors (Lipinski definition) is 1. The first-order chi connectivity index (χ1) is 8.70. The van der Waals surface area contributed by atoms with Crippen molar-refractivity contribution in [3.63, 3.8) is 0 Å². The van der Waals surface area contributed by atoms with Crippen LogP contribution < -0.4 is 5.32 Å². The quantitative estimate of drug-likeness (QED) is 0.923. The summed E-state index contributed by atoms with van der Waals surface area (Å²) < 4.78 is 0. The van der Waals surface area contributed by atoms with Crippen molar-refractivity contribution in [1.82, 2.24) is 15.2 Å². The fraction of sp³-hybridized carbons (Fsp3) is 0.571. The number of halogens is 1. The summed E-state index contributed by atoms with van der Waals surface area (Å²) in [7, 11) is 1.89. The maximum Gasteiger partial charge on any atom is 0.227 e. The lowest BCUT2D eigenvalue weighted by molar-refractivity contribution is -0.136. The molecule has 1 unspecified atom stereocenters. The van der Waals surface area contributed by atoms with Crippen LogP contribution in [0.3, 0.4) is 0 Å². The summed E-state index contributed by atoms with van der Waals surface area (Å²) in [6.07, 6.45) is 5.63. The number of carbonyl (C=O) groups excluding carboxylic acids is 1. The Labute approximate surface area is 121 Å². The van der Waals surface area contributed by atoms with Gasteiger partial charge in [0.25, 0.3) is 0 Å². The molecular formula is C14H22ClN3O. The fourth-order valence-electron chi connectivity index (χ4n) is 2.41. The molecule has 4 nitrogen and oxygen atoms in total. The third-order valence-corrected chi connectivity index (χ3v) is 3.76. The maximum absolute atomic E-state index is 12.4. The molecule has 1 N–H and O–H groups in total. The molecule has 106 valence electrons. The monoisotopic (exact) mass is 283 g/mol. The molecule has 1 aliphatic heterocycles. The Balaban J connectivity index is 0.00000180. The average Bonchev–Trinajstić information content (AvgIpc) is 2.47. The van der Waals surface area contributed by atoms with Crippen molar-refractivity contribution in [3.05, 3.63) is 30.1 Å². The van der Waals surface area contributed by atoms with Crippen molar-refractivity contribution >= 4 is 18.3 Å². The molecular weight excluding hydrogens is 262 g/mol. The van der Waals surface area contributed by atoms with E-state index in [-0.39, 0.29) is 30.3 Å². The van der Waals surface area contributed by atoms with E-state index in [1.165, 1.54) is 0 Å². The first kappa shape index (κ1) is 15.9. The predicted octanol–water partition coefficient (Wildman–Crippen LogP) is 2.02. The topological polar surface area (TPSA) is 45.2 Å². The average molecular weight is 284 g/mol. The van der Waals surface area contributed by atoms with Gasteiger partial charge in [-0.05, 0) is 44.0 Å². The molecule has 1 fully saturated rings. The van der Waals surface area contributed by atoms with Crippen LogP contribution in [0.1, 0.15) is 31.4 Å². The smallest absolute Gasteiger partial charge is 0.227 e.